The van der Waals surface area contributed by atoms with Crippen LogP contribution in [0.15, 0.2) is 42.5 Å². The minimum absolute atomic E-state index is 0.0490. The van der Waals surface area contributed by atoms with Crippen LogP contribution in [-0.2, 0) is 6.42 Å². The third-order valence-corrected chi connectivity index (χ3v) is 3.65. The molecule has 0 saturated heterocycles. The fraction of sp³-hybridized carbons (Fsp3) is 0.250. The standard InChI is InChI=1S/C16H16Cl2FN/c1-2-20-16(11-3-6-13(17)7-4-11)9-12-5-8-14(18)10-15(12)19/h3-8,10,16,20H,2,9H2,1H3. The summed E-state index contributed by atoms with van der Waals surface area (Å²) in [5.41, 5.74) is 1.74. The Hall–Kier alpha value is -1.09. The molecule has 0 aliphatic rings. The van der Waals surface area contributed by atoms with Crippen LogP contribution in [0.3, 0.4) is 0 Å². The molecule has 0 bridgehead atoms. The Morgan fingerprint density at radius 3 is 2.30 bits per heavy atom. The summed E-state index contributed by atoms with van der Waals surface area (Å²) in [6.07, 6.45) is 0.568. The molecule has 0 aliphatic heterocycles. The smallest absolute Gasteiger partial charge is 0.127 e. The Balaban J connectivity index is 2.22. The van der Waals surface area contributed by atoms with Crippen molar-refractivity contribution < 1.29 is 4.39 Å². The molecule has 0 aromatic heterocycles. The Morgan fingerprint density at radius 1 is 1.05 bits per heavy atom. The van der Waals surface area contributed by atoms with Gasteiger partial charge >= 0.3 is 0 Å². The number of hydrogen-bond acceptors (Lipinski definition) is 1. The van der Waals surface area contributed by atoms with E-state index in [0.717, 1.165) is 12.1 Å². The minimum Gasteiger partial charge on any atom is -0.310 e. The highest BCUT2D eigenvalue weighted by Crippen LogP contribution is 2.23. The third kappa shape index (κ3) is 3.95. The van der Waals surface area contributed by atoms with Gasteiger partial charge in [-0.3, -0.25) is 0 Å². The number of benzene rings is 2. The van der Waals surface area contributed by atoms with Crippen molar-refractivity contribution in [1.29, 1.82) is 0 Å². The van der Waals surface area contributed by atoms with Gasteiger partial charge in [0.1, 0.15) is 5.82 Å². The maximum atomic E-state index is 13.9. The maximum absolute atomic E-state index is 13.9. The molecule has 0 aliphatic carbocycles. The molecule has 0 spiro atoms. The van der Waals surface area contributed by atoms with Crippen molar-refractivity contribution in [2.45, 2.75) is 19.4 Å². The molecule has 0 radical (unpaired) electrons. The molecule has 1 nitrogen and oxygen atoms in total. The van der Waals surface area contributed by atoms with Gasteiger partial charge in [-0.2, -0.15) is 0 Å². The van der Waals surface area contributed by atoms with Gasteiger partial charge in [0.05, 0.1) is 0 Å². The number of halogens is 3. The van der Waals surface area contributed by atoms with E-state index in [1.807, 2.05) is 31.2 Å². The normalized spacial score (nSPS) is 12.4. The van der Waals surface area contributed by atoms with E-state index in [0.29, 0.717) is 22.0 Å². The van der Waals surface area contributed by atoms with Crippen LogP contribution in [-0.4, -0.2) is 6.54 Å². The molecule has 4 heteroatoms. The molecule has 106 valence electrons. The summed E-state index contributed by atoms with van der Waals surface area (Å²) in [5.74, 6) is -0.269. The summed E-state index contributed by atoms with van der Waals surface area (Å²) >= 11 is 11.7. The highest BCUT2D eigenvalue weighted by molar-refractivity contribution is 6.30. The molecule has 0 heterocycles. The zero-order valence-electron chi connectivity index (χ0n) is 11.2. The molecule has 0 amide bonds. The number of rotatable bonds is 5. The zero-order chi connectivity index (χ0) is 14.5. The van der Waals surface area contributed by atoms with E-state index in [2.05, 4.69) is 5.32 Å². The van der Waals surface area contributed by atoms with Gasteiger partial charge < -0.3 is 5.32 Å². The second-order valence-corrected chi connectivity index (χ2v) is 5.47. The van der Waals surface area contributed by atoms with Gasteiger partial charge in [-0.1, -0.05) is 48.3 Å². The molecule has 1 atom stereocenters. The summed E-state index contributed by atoms with van der Waals surface area (Å²) in [6.45, 7) is 2.84. The number of nitrogens with one attached hydrogen (secondary N) is 1. The molecule has 2 aromatic carbocycles. The first-order valence-electron chi connectivity index (χ1n) is 6.53. The number of hydrogen-bond donors (Lipinski definition) is 1. The summed E-state index contributed by atoms with van der Waals surface area (Å²) < 4.78 is 13.9. The zero-order valence-corrected chi connectivity index (χ0v) is 12.7. The first-order valence-corrected chi connectivity index (χ1v) is 7.28. The maximum Gasteiger partial charge on any atom is 0.127 e. The summed E-state index contributed by atoms with van der Waals surface area (Å²) in [7, 11) is 0. The van der Waals surface area contributed by atoms with E-state index < -0.39 is 0 Å². The minimum atomic E-state index is -0.269. The van der Waals surface area contributed by atoms with E-state index in [1.54, 1.807) is 12.1 Å². The van der Waals surface area contributed by atoms with Gasteiger partial charge in [0.2, 0.25) is 0 Å². The predicted molar refractivity (Wildman–Crippen MR) is 83.0 cm³/mol. The predicted octanol–water partition coefficient (Wildman–Crippen LogP) is 5.03. The van der Waals surface area contributed by atoms with Gasteiger partial charge in [-0.15, -0.1) is 0 Å². The monoisotopic (exact) mass is 311 g/mol. The molecule has 2 rings (SSSR count). The molecule has 1 unspecified atom stereocenters. The average Bonchev–Trinajstić information content (AvgIpc) is 2.42. The number of likely N-dealkylation sites (N-methyl/N-ethyl adjacent to an activating group) is 1. The van der Waals surface area contributed by atoms with Crippen LogP contribution in [0.1, 0.15) is 24.1 Å². The first-order chi connectivity index (χ1) is 9.60. The lowest BCUT2D eigenvalue weighted by atomic mass is 9.98. The van der Waals surface area contributed by atoms with E-state index in [1.165, 1.54) is 6.07 Å². The van der Waals surface area contributed by atoms with Crippen LogP contribution in [0, 0.1) is 5.82 Å². The van der Waals surface area contributed by atoms with E-state index >= 15 is 0 Å². The molecule has 0 fully saturated rings. The van der Waals surface area contributed by atoms with E-state index in [9.17, 15) is 4.39 Å². The van der Waals surface area contributed by atoms with Crippen molar-refractivity contribution in [2.75, 3.05) is 6.54 Å². The third-order valence-electron chi connectivity index (χ3n) is 3.16. The fourth-order valence-electron chi connectivity index (χ4n) is 2.16. The Labute approximate surface area is 128 Å². The topological polar surface area (TPSA) is 12.0 Å². The fourth-order valence-corrected chi connectivity index (χ4v) is 2.44. The van der Waals surface area contributed by atoms with Crippen LogP contribution in [0.25, 0.3) is 0 Å². The van der Waals surface area contributed by atoms with Gasteiger partial charge in [-0.25, -0.2) is 4.39 Å². The molecule has 0 saturated carbocycles. The van der Waals surface area contributed by atoms with Crippen molar-refractivity contribution in [3.63, 3.8) is 0 Å². The van der Waals surface area contributed by atoms with Crippen LogP contribution in [0.2, 0.25) is 10.0 Å². The van der Waals surface area contributed by atoms with Gasteiger partial charge in [-0.05, 0) is 48.4 Å². The van der Waals surface area contributed by atoms with Gasteiger partial charge in [0, 0.05) is 16.1 Å². The lowest BCUT2D eigenvalue weighted by Gasteiger charge is -2.19. The van der Waals surface area contributed by atoms with Crippen LogP contribution in [0.4, 0.5) is 4.39 Å². The van der Waals surface area contributed by atoms with Crippen molar-refractivity contribution in [1.82, 2.24) is 5.32 Å². The van der Waals surface area contributed by atoms with E-state index in [-0.39, 0.29) is 11.9 Å². The van der Waals surface area contributed by atoms with Crippen molar-refractivity contribution in [3.8, 4) is 0 Å². The SMILES string of the molecule is CCNC(Cc1ccc(Cl)cc1F)c1ccc(Cl)cc1. The Morgan fingerprint density at radius 2 is 1.70 bits per heavy atom. The second kappa shape index (κ2) is 7.07. The van der Waals surface area contributed by atoms with Gasteiger partial charge in [0.25, 0.3) is 0 Å². The Kier molecular flexibility index (Phi) is 5.41. The highest BCUT2D eigenvalue weighted by Gasteiger charge is 2.14. The summed E-state index contributed by atoms with van der Waals surface area (Å²) in [6, 6.07) is 12.5. The molecule has 1 N–H and O–H groups in total. The lowest BCUT2D eigenvalue weighted by molar-refractivity contribution is 0.528. The Bertz CT molecular complexity index is 569. The largest absolute Gasteiger partial charge is 0.310 e. The lowest BCUT2D eigenvalue weighted by Crippen LogP contribution is -2.23. The summed E-state index contributed by atoms with van der Waals surface area (Å²) in [5, 5.41) is 4.48. The van der Waals surface area contributed by atoms with Crippen molar-refractivity contribution >= 4 is 23.2 Å². The van der Waals surface area contributed by atoms with E-state index in [4.69, 9.17) is 23.2 Å². The first kappa shape index (κ1) is 15.3. The second-order valence-electron chi connectivity index (χ2n) is 4.60. The van der Waals surface area contributed by atoms with Crippen LogP contribution < -0.4 is 5.32 Å². The highest BCUT2D eigenvalue weighted by atomic mass is 35.5. The molecule has 2 aromatic rings. The summed E-state index contributed by atoms with van der Waals surface area (Å²) in [4.78, 5) is 0. The average molecular weight is 312 g/mol. The molecular weight excluding hydrogens is 296 g/mol. The quantitative estimate of drug-likeness (QED) is 0.817. The van der Waals surface area contributed by atoms with Crippen molar-refractivity contribution in [3.05, 3.63) is 69.5 Å². The molecule has 20 heavy (non-hydrogen) atoms. The molecular formula is C16H16Cl2FN. The van der Waals surface area contributed by atoms with Crippen LogP contribution in [0.5, 0.6) is 0 Å². The van der Waals surface area contributed by atoms with Crippen molar-refractivity contribution in [2.24, 2.45) is 0 Å². The van der Waals surface area contributed by atoms with Gasteiger partial charge in [0.15, 0.2) is 0 Å². The van der Waals surface area contributed by atoms with Crippen LogP contribution >= 0.6 is 23.2 Å².